The lowest BCUT2D eigenvalue weighted by molar-refractivity contribution is -0.123. The van der Waals surface area contributed by atoms with Gasteiger partial charge < -0.3 is 5.32 Å². The van der Waals surface area contributed by atoms with Gasteiger partial charge in [-0.2, -0.15) is 0 Å². The largest absolute Gasteiger partial charge is 0.349 e. The van der Waals surface area contributed by atoms with E-state index in [1.165, 1.54) is 11.3 Å². The third kappa shape index (κ3) is 2.73. The standard InChI is InChI=1S/C9H11F2N3OS/c10-9(11)1-7(13-4-9)8(15)12-2-6-3-16-5-14-6/h3,5,7,13H,1-2,4H2,(H,12,15). The molecule has 0 radical (unpaired) electrons. The molecule has 1 aromatic rings. The van der Waals surface area contributed by atoms with E-state index >= 15 is 0 Å². The van der Waals surface area contributed by atoms with Crippen LogP contribution in [-0.4, -0.2) is 29.4 Å². The van der Waals surface area contributed by atoms with Gasteiger partial charge in [-0.25, -0.2) is 13.8 Å². The molecule has 0 bridgehead atoms. The van der Waals surface area contributed by atoms with Gasteiger partial charge in [0.1, 0.15) is 0 Å². The van der Waals surface area contributed by atoms with Crippen molar-refractivity contribution in [3.63, 3.8) is 0 Å². The summed E-state index contributed by atoms with van der Waals surface area (Å²) in [5.41, 5.74) is 2.40. The lowest BCUT2D eigenvalue weighted by Crippen LogP contribution is -2.40. The molecule has 1 aliphatic heterocycles. The highest BCUT2D eigenvalue weighted by atomic mass is 32.1. The first-order chi connectivity index (χ1) is 7.57. The highest BCUT2D eigenvalue weighted by Crippen LogP contribution is 2.25. The van der Waals surface area contributed by atoms with Crippen LogP contribution in [-0.2, 0) is 11.3 Å². The van der Waals surface area contributed by atoms with Crippen molar-refractivity contribution in [2.75, 3.05) is 6.54 Å². The van der Waals surface area contributed by atoms with E-state index in [9.17, 15) is 13.6 Å². The Kier molecular flexibility index (Phi) is 3.15. The number of nitrogens with zero attached hydrogens (tertiary/aromatic N) is 1. The number of alkyl halides is 2. The normalized spacial score (nSPS) is 23.2. The highest BCUT2D eigenvalue weighted by molar-refractivity contribution is 7.07. The molecule has 1 unspecified atom stereocenters. The van der Waals surface area contributed by atoms with Crippen molar-refractivity contribution in [1.29, 1.82) is 0 Å². The van der Waals surface area contributed by atoms with Gasteiger partial charge >= 0.3 is 0 Å². The average Bonchev–Trinajstić information content (AvgIpc) is 2.83. The van der Waals surface area contributed by atoms with Crippen LogP contribution in [0, 0.1) is 0 Å². The molecule has 1 amide bonds. The predicted molar refractivity (Wildman–Crippen MR) is 55.3 cm³/mol. The van der Waals surface area contributed by atoms with Crippen molar-refractivity contribution in [2.24, 2.45) is 0 Å². The monoisotopic (exact) mass is 247 g/mol. The number of carbonyl (C=O) groups excluding carboxylic acids is 1. The topological polar surface area (TPSA) is 54.0 Å². The minimum absolute atomic E-state index is 0.284. The van der Waals surface area contributed by atoms with Crippen LogP contribution in [0.15, 0.2) is 10.9 Å². The predicted octanol–water partition coefficient (Wildman–Crippen LogP) is 0.756. The third-order valence-electron chi connectivity index (χ3n) is 2.35. The SMILES string of the molecule is O=C(NCc1cscn1)C1CC(F)(F)CN1. The Morgan fingerprint density at radius 1 is 1.75 bits per heavy atom. The molecule has 1 aliphatic rings. The fourth-order valence-electron chi connectivity index (χ4n) is 1.53. The summed E-state index contributed by atoms with van der Waals surface area (Å²) in [6.45, 7) is -0.145. The molecule has 7 heteroatoms. The minimum Gasteiger partial charge on any atom is -0.349 e. The van der Waals surface area contributed by atoms with E-state index < -0.39 is 30.8 Å². The molecule has 2 N–H and O–H groups in total. The number of aromatic nitrogens is 1. The molecule has 0 aliphatic carbocycles. The van der Waals surface area contributed by atoms with Gasteiger partial charge in [0.25, 0.3) is 5.92 Å². The fraction of sp³-hybridized carbons (Fsp3) is 0.556. The maximum absolute atomic E-state index is 12.8. The van der Waals surface area contributed by atoms with Crippen LogP contribution in [0.5, 0.6) is 0 Å². The first-order valence-corrected chi connectivity index (χ1v) is 5.77. The summed E-state index contributed by atoms with van der Waals surface area (Å²) in [5.74, 6) is -3.17. The molecule has 4 nitrogen and oxygen atoms in total. The fourth-order valence-corrected chi connectivity index (χ4v) is 2.08. The van der Waals surface area contributed by atoms with E-state index in [4.69, 9.17) is 0 Å². The molecule has 2 rings (SSSR count). The number of halogens is 2. The zero-order valence-corrected chi connectivity index (χ0v) is 9.19. The molecule has 1 saturated heterocycles. The number of thiazole rings is 1. The number of nitrogens with one attached hydrogen (secondary N) is 2. The summed E-state index contributed by atoms with van der Waals surface area (Å²) in [6.07, 6.45) is -0.435. The second kappa shape index (κ2) is 4.42. The van der Waals surface area contributed by atoms with Crippen molar-refractivity contribution in [2.45, 2.75) is 24.9 Å². The van der Waals surface area contributed by atoms with Crippen LogP contribution in [0.1, 0.15) is 12.1 Å². The van der Waals surface area contributed by atoms with E-state index in [1.54, 1.807) is 10.9 Å². The van der Waals surface area contributed by atoms with Gasteiger partial charge in [-0.15, -0.1) is 11.3 Å². The van der Waals surface area contributed by atoms with Gasteiger partial charge in [0.05, 0.1) is 30.3 Å². The van der Waals surface area contributed by atoms with Gasteiger partial charge in [0, 0.05) is 11.8 Å². The molecule has 16 heavy (non-hydrogen) atoms. The number of rotatable bonds is 3. The van der Waals surface area contributed by atoms with Crippen molar-refractivity contribution in [3.05, 3.63) is 16.6 Å². The quantitative estimate of drug-likeness (QED) is 0.829. The lowest BCUT2D eigenvalue weighted by atomic mass is 10.2. The lowest BCUT2D eigenvalue weighted by Gasteiger charge is -2.10. The van der Waals surface area contributed by atoms with Crippen LogP contribution < -0.4 is 10.6 Å². The van der Waals surface area contributed by atoms with E-state index in [0.717, 1.165) is 5.69 Å². The van der Waals surface area contributed by atoms with Crippen LogP contribution in [0.25, 0.3) is 0 Å². The Balaban J connectivity index is 1.81. The summed E-state index contributed by atoms with van der Waals surface area (Å²) in [7, 11) is 0. The van der Waals surface area contributed by atoms with E-state index in [2.05, 4.69) is 15.6 Å². The van der Waals surface area contributed by atoms with E-state index in [-0.39, 0.29) is 6.54 Å². The first-order valence-electron chi connectivity index (χ1n) is 4.83. The molecular weight excluding hydrogens is 236 g/mol. The van der Waals surface area contributed by atoms with Crippen LogP contribution in [0.2, 0.25) is 0 Å². The molecule has 1 fully saturated rings. The highest BCUT2D eigenvalue weighted by Gasteiger charge is 2.42. The maximum Gasteiger partial charge on any atom is 0.262 e. The van der Waals surface area contributed by atoms with Gasteiger partial charge in [-0.1, -0.05) is 0 Å². The first kappa shape index (κ1) is 11.4. The van der Waals surface area contributed by atoms with Gasteiger partial charge in [0.2, 0.25) is 5.91 Å². The number of carbonyl (C=O) groups is 1. The smallest absolute Gasteiger partial charge is 0.262 e. The summed E-state index contributed by atoms with van der Waals surface area (Å²) in [4.78, 5) is 15.5. The Bertz CT molecular complexity index is 369. The molecule has 2 heterocycles. The second-order valence-electron chi connectivity index (χ2n) is 3.69. The van der Waals surface area contributed by atoms with Crippen molar-refractivity contribution in [1.82, 2.24) is 15.6 Å². The molecule has 0 saturated carbocycles. The van der Waals surface area contributed by atoms with Crippen molar-refractivity contribution >= 4 is 17.2 Å². The Labute approximate surface area is 95.1 Å². The van der Waals surface area contributed by atoms with Crippen molar-refractivity contribution in [3.8, 4) is 0 Å². The third-order valence-corrected chi connectivity index (χ3v) is 2.99. The Morgan fingerprint density at radius 2 is 2.56 bits per heavy atom. The number of hydrogen-bond acceptors (Lipinski definition) is 4. The summed E-state index contributed by atoms with van der Waals surface area (Å²) in [5, 5.41) is 6.87. The molecular formula is C9H11F2N3OS. The molecule has 0 aromatic carbocycles. The zero-order chi connectivity index (χ0) is 11.6. The van der Waals surface area contributed by atoms with Gasteiger partial charge in [-0.05, 0) is 0 Å². The molecule has 88 valence electrons. The van der Waals surface area contributed by atoms with E-state index in [1.807, 2.05) is 0 Å². The van der Waals surface area contributed by atoms with Crippen molar-refractivity contribution < 1.29 is 13.6 Å². The van der Waals surface area contributed by atoms with Gasteiger partial charge in [0.15, 0.2) is 0 Å². The maximum atomic E-state index is 12.8. The second-order valence-corrected chi connectivity index (χ2v) is 4.41. The molecule has 0 spiro atoms. The van der Waals surface area contributed by atoms with E-state index in [0.29, 0.717) is 0 Å². The van der Waals surface area contributed by atoms with Crippen LogP contribution in [0.4, 0.5) is 8.78 Å². The zero-order valence-electron chi connectivity index (χ0n) is 8.37. The summed E-state index contributed by atoms with van der Waals surface area (Å²) in [6, 6.07) is -0.798. The van der Waals surface area contributed by atoms with Crippen LogP contribution >= 0.6 is 11.3 Å². The Hall–Kier alpha value is -1.08. The average molecular weight is 247 g/mol. The Morgan fingerprint density at radius 3 is 3.12 bits per heavy atom. The minimum atomic E-state index is -2.78. The van der Waals surface area contributed by atoms with Crippen LogP contribution in [0.3, 0.4) is 0 Å². The molecule has 1 atom stereocenters. The number of hydrogen-bond donors (Lipinski definition) is 2. The molecule has 1 aromatic heterocycles. The summed E-state index contributed by atoms with van der Waals surface area (Å²) < 4.78 is 25.6. The van der Waals surface area contributed by atoms with Gasteiger partial charge in [-0.3, -0.25) is 10.1 Å². The number of amides is 1. The summed E-state index contributed by atoms with van der Waals surface area (Å²) >= 11 is 1.43.